The Morgan fingerprint density at radius 1 is 1.11 bits per heavy atom. The van der Waals surface area contributed by atoms with E-state index in [1.54, 1.807) is 19.1 Å². The van der Waals surface area contributed by atoms with Crippen molar-refractivity contribution in [3.63, 3.8) is 0 Å². The van der Waals surface area contributed by atoms with Gasteiger partial charge in [0.2, 0.25) is 0 Å². The van der Waals surface area contributed by atoms with Crippen LogP contribution in [0.1, 0.15) is 57.6 Å². The summed E-state index contributed by atoms with van der Waals surface area (Å²) in [7, 11) is 0. The second-order valence-corrected chi connectivity index (χ2v) is 12.5. The molecule has 4 aromatic rings. The predicted molar refractivity (Wildman–Crippen MR) is 162 cm³/mol. The number of anilines is 1. The third-order valence-electron chi connectivity index (χ3n) is 7.34. The van der Waals surface area contributed by atoms with E-state index in [0.29, 0.717) is 16.2 Å². The first-order valence-corrected chi connectivity index (χ1v) is 15.2. The van der Waals surface area contributed by atoms with E-state index in [9.17, 15) is 40.3 Å². The lowest BCUT2D eigenvalue weighted by atomic mass is 10.1. The quantitative estimate of drug-likeness (QED) is 0.139. The number of nitrogens with zero attached hydrogens (tertiary/aromatic N) is 6. The summed E-state index contributed by atoms with van der Waals surface area (Å²) in [6.45, 7) is 3.00. The number of hydrogen-bond acceptors (Lipinski definition) is 6. The fraction of sp³-hybridized carbons (Fsp3) is 0.357. The van der Waals surface area contributed by atoms with Crippen molar-refractivity contribution < 1.29 is 40.3 Å². The summed E-state index contributed by atoms with van der Waals surface area (Å²) in [5.41, 5.74) is -1.26. The molecule has 0 radical (unpaired) electrons. The van der Waals surface area contributed by atoms with Crippen LogP contribution in [0.5, 0.6) is 0 Å². The van der Waals surface area contributed by atoms with Gasteiger partial charge in [-0.2, -0.15) is 35.8 Å². The van der Waals surface area contributed by atoms with E-state index in [-0.39, 0.29) is 45.7 Å². The van der Waals surface area contributed by atoms with Crippen LogP contribution in [0.15, 0.2) is 42.7 Å². The number of nitrogens with one attached hydrogen (secondary N) is 2. The molecule has 3 aromatic heterocycles. The number of amides is 2. The fourth-order valence-electron chi connectivity index (χ4n) is 4.65. The molecular weight excluding hydrogens is 776 g/mol. The predicted octanol–water partition coefficient (Wildman–Crippen LogP) is 6.54. The molecule has 1 aliphatic rings. The van der Waals surface area contributed by atoms with E-state index in [0.717, 1.165) is 21.1 Å². The Balaban J connectivity index is 1.48. The number of pyridine rings is 1. The lowest BCUT2D eigenvalue weighted by Gasteiger charge is -2.26. The fourth-order valence-corrected chi connectivity index (χ4v) is 5.63. The van der Waals surface area contributed by atoms with Gasteiger partial charge in [0.1, 0.15) is 5.69 Å². The number of rotatable bonds is 10. The summed E-state index contributed by atoms with van der Waals surface area (Å²) < 4.78 is 95.8. The summed E-state index contributed by atoms with van der Waals surface area (Å²) in [5, 5.41) is 16.1. The highest BCUT2D eigenvalue weighted by Crippen LogP contribution is 2.51. The molecular formula is C28H23ClF7IN8O2. The lowest BCUT2D eigenvalue weighted by molar-refractivity contribution is -0.360. The van der Waals surface area contributed by atoms with Crippen LogP contribution < -0.4 is 10.6 Å². The van der Waals surface area contributed by atoms with Crippen LogP contribution in [0, 0.1) is 16.4 Å². The largest absolute Gasteiger partial charge is 0.460 e. The number of alkyl halides is 7. The van der Waals surface area contributed by atoms with E-state index < -0.39 is 42.1 Å². The maximum Gasteiger partial charge on any atom is 0.460 e. The second-order valence-electron chi connectivity index (χ2n) is 10.9. The highest BCUT2D eigenvalue weighted by Gasteiger charge is 2.74. The highest BCUT2D eigenvalue weighted by molar-refractivity contribution is 14.1. The number of aryl methyl sites for hydroxylation is 1. The van der Waals surface area contributed by atoms with E-state index >= 15 is 0 Å². The molecule has 47 heavy (non-hydrogen) atoms. The van der Waals surface area contributed by atoms with Crippen molar-refractivity contribution in [3.8, 4) is 5.82 Å². The van der Waals surface area contributed by atoms with Crippen LogP contribution in [0.2, 0.25) is 5.02 Å². The number of hydrogen-bond donors (Lipinski definition) is 2. The first-order chi connectivity index (χ1) is 21.9. The van der Waals surface area contributed by atoms with E-state index in [1.165, 1.54) is 24.4 Å². The van der Waals surface area contributed by atoms with E-state index in [1.807, 2.05) is 29.5 Å². The van der Waals surface area contributed by atoms with Gasteiger partial charge in [0.25, 0.3) is 11.8 Å². The Morgan fingerprint density at radius 2 is 1.81 bits per heavy atom. The first-order valence-electron chi connectivity index (χ1n) is 13.8. The summed E-state index contributed by atoms with van der Waals surface area (Å²) in [6.07, 6.45) is -3.00. The topological polar surface area (TPSA) is 120 Å². The van der Waals surface area contributed by atoms with Gasteiger partial charge in [0.15, 0.2) is 11.5 Å². The molecule has 2 N–H and O–H groups in total. The Hall–Kier alpha value is -3.81. The highest BCUT2D eigenvalue weighted by atomic mass is 127. The zero-order chi connectivity index (χ0) is 34.5. The maximum absolute atomic E-state index is 14.2. The number of aromatic nitrogens is 6. The average molecular weight is 799 g/mol. The van der Waals surface area contributed by atoms with Gasteiger partial charge in [-0.3, -0.25) is 9.59 Å². The van der Waals surface area contributed by atoms with Gasteiger partial charge in [-0.05, 0) is 91.1 Å². The van der Waals surface area contributed by atoms with E-state index in [2.05, 4.69) is 31.0 Å². The third-order valence-corrected chi connectivity index (χ3v) is 8.26. The van der Waals surface area contributed by atoms with Crippen molar-refractivity contribution in [2.24, 2.45) is 5.92 Å². The van der Waals surface area contributed by atoms with Crippen LogP contribution >= 0.6 is 34.2 Å². The normalized spacial score (nSPS) is 14.6. The molecule has 1 saturated carbocycles. The monoisotopic (exact) mass is 798 g/mol. The number of benzene rings is 1. The van der Waals surface area contributed by atoms with Gasteiger partial charge >= 0.3 is 18.0 Å². The van der Waals surface area contributed by atoms with Gasteiger partial charge in [0.05, 0.1) is 34.7 Å². The van der Waals surface area contributed by atoms with Crippen molar-refractivity contribution in [1.82, 2.24) is 35.1 Å². The summed E-state index contributed by atoms with van der Waals surface area (Å²) in [6, 6.07) is 7.41. The van der Waals surface area contributed by atoms with Crippen molar-refractivity contribution in [2.75, 3.05) is 5.32 Å². The van der Waals surface area contributed by atoms with Gasteiger partial charge in [-0.1, -0.05) is 16.8 Å². The molecule has 10 nitrogen and oxygen atoms in total. The van der Waals surface area contributed by atoms with Gasteiger partial charge in [-0.25, -0.2) is 14.3 Å². The Labute approximate surface area is 280 Å². The SMILES string of the molecule is Cc1cc(I)cc(C(=O)NC(C)C2CC2)c1NC(=O)c1cc(Cn2cc(C(F)(F)C(F)(F)C(F)(F)F)nn2)nn1-c1ncccc1Cl. The maximum atomic E-state index is 14.2. The Kier molecular flexibility index (Phi) is 9.30. The molecule has 1 aromatic carbocycles. The minimum atomic E-state index is -6.56. The molecule has 19 heteroatoms. The van der Waals surface area contributed by atoms with Crippen molar-refractivity contribution in [1.29, 1.82) is 0 Å². The van der Waals surface area contributed by atoms with Gasteiger partial charge < -0.3 is 10.6 Å². The number of carbonyl (C=O) groups is 2. The molecule has 0 aliphatic heterocycles. The summed E-state index contributed by atoms with van der Waals surface area (Å²) in [4.78, 5) is 31.2. The van der Waals surface area contributed by atoms with E-state index in [4.69, 9.17) is 11.6 Å². The average Bonchev–Trinajstić information content (AvgIpc) is 3.59. The zero-order valence-corrected chi connectivity index (χ0v) is 27.1. The number of halogens is 9. The van der Waals surface area contributed by atoms with Crippen LogP contribution in [0.3, 0.4) is 0 Å². The summed E-state index contributed by atoms with van der Waals surface area (Å²) >= 11 is 8.35. The van der Waals surface area contributed by atoms with Crippen LogP contribution in [0.25, 0.3) is 5.82 Å². The molecule has 250 valence electrons. The first kappa shape index (κ1) is 34.5. The summed E-state index contributed by atoms with van der Waals surface area (Å²) in [5.74, 6) is -13.0. The molecule has 3 heterocycles. The minimum absolute atomic E-state index is 0.0308. The smallest absolute Gasteiger partial charge is 0.349 e. The van der Waals surface area contributed by atoms with Gasteiger partial charge in [0, 0.05) is 15.8 Å². The molecule has 1 aliphatic carbocycles. The molecule has 2 amide bonds. The molecule has 1 atom stereocenters. The Morgan fingerprint density at radius 3 is 2.45 bits per heavy atom. The van der Waals surface area contributed by atoms with Gasteiger partial charge in [-0.15, -0.1) is 5.10 Å². The zero-order valence-electron chi connectivity index (χ0n) is 24.2. The van der Waals surface area contributed by atoms with Crippen molar-refractivity contribution >= 4 is 51.7 Å². The molecule has 1 unspecified atom stereocenters. The van der Waals surface area contributed by atoms with Crippen molar-refractivity contribution in [2.45, 2.75) is 57.3 Å². The molecule has 0 saturated heterocycles. The molecule has 0 bridgehead atoms. The number of carbonyl (C=O) groups excluding carboxylic acids is 2. The standard InChI is InChI=1S/C28H23ClF7IN8O2/c1-13-8-16(37)9-18(24(46)39-14(2)15-5-6-15)22(13)40-25(47)20-10-17(42-45(20)23-19(29)4-3-7-38-23)11-44-12-21(41-43-44)26(30,31)27(32,33)28(34,35)36/h3-4,7-10,12,14-15H,5-6,11H2,1-2H3,(H,39,46)(H,40,47). The molecule has 5 rings (SSSR count). The second kappa shape index (κ2) is 12.7. The van der Waals surface area contributed by atoms with Crippen LogP contribution in [0.4, 0.5) is 36.4 Å². The lowest BCUT2D eigenvalue weighted by Crippen LogP contribution is -2.50. The third kappa shape index (κ3) is 6.93. The van der Waals surface area contributed by atoms with Crippen molar-refractivity contribution in [3.05, 3.63) is 79.5 Å². The minimum Gasteiger partial charge on any atom is -0.349 e. The molecule has 1 fully saturated rings. The van der Waals surface area contributed by atoms with Crippen LogP contribution in [-0.2, 0) is 12.5 Å². The molecule has 0 spiro atoms. The van der Waals surface area contributed by atoms with Crippen LogP contribution in [-0.4, -0.2) is 59.7 Å². The Bertz CT molecular complexity index is 1840.